The smallest absolute Gasteiger partial charge is 0.343 e. The molecule has 1 aromatic carbocycles. The number of halogens is 1. The quantitative estimate of drug-likeness (QED) is 0.517. The molecular formula is C15H16FN3O2S. The molecule has 0 unspecified atom stereocenters. The second kappa shape index (κ2) is 7.22. The van der Waals surface area contributed by atoms with Crippen LogP contribution < -0.4 is 5.73 Å². The maximum absolute atomic E-state index is 12.9. The van der Waals surface area contributed by atoms with E-state index < -0.39 is 5.97 Å². The Hall–Kier alpha value is -2.15. The fourth-order valence-corrected chi connectivity index (χ4v) is 2.63. The summed E-state index contributed by atoms with van der Waals surface area (Å²) in [5.74, 6) is -0.731. The van der Waals surface area contributed by atoms with E-state index in [2.05, 4.69) is 9.97 Å². The number of hydrogen-bond donors (Lipinski definition) is 1. The first-order valence-corrected chi connectivity index (χ1v) is 7.61. The highest BCUT2D eigenvalue weighted by Crippen LogP contribution is 2.33. The van der Waals surface area contributed by atoms with E-state index in [4.69, 9.17) is 10.5 Å². The van der Waals surface area contributed by atoms with E-state index in [9.17, 15) is 9.18 Å². The number of nitrogens with zero attached hydrogens (tertiary/aromatic N) is 2. The van der Waals surface area contributed by atoms with E-state index in [1.54, 1.807) is 19.1 Å². The van der Waals surface area contributed by atoms with Gasteiger partial charge in [-0.1, -0.05) is 23.9 Å². The summed E-state index contributed by atoms with van der Waals surface area (Å²) in [4.78, 5) is 19.9. The Bertz CT molecular complexity index is 664. The third-order valence-corrected chi connectivity index (χ3v) is 3.95. The highest BCUT2D eigenvalue weighted by Gasteiger charge is 2.15. The third kappa shape index (κ3) is 3.94. The standard InChI is InChI=1S/C15H16FN3O2S/c1-3-21-14(20)12-8-18-15(19-13(12)17)22-9(2)10-4-6-11(16)7-5-10/h4-9H,3H2,1-2H3,(H2,17,18,19)/t9-/m0/s1. The Balaban J connectivity index is 2.11. The number of carbonyl (C=O) groups excluding carboxylic acids is 1. The van der Waals surface area contributed by atoms with Crippen LogP contribution in [0.15, 0.2) is 35.6 Å². The lowest BCUT2D eigenvalue weighted by Crippen LogP contribution is -2.10. The van der Waals surface area contributed by atoms with Gasteiger partial charge in [0.15, 0.2) is 5.16 Å². The molecule has 22 heavy (non-hydrogen) atoms. The highest BCUT2D eigenvalue weighted by molar-refractivity contribution is 7.99. The summed E-state index contributed by atoms with van der Waals surface area (Å²) in [6.45, 7) is 3.93. The third-order valence-electron chi connectivity index (χ3n) is 2.91. The van der Waals surface area contributed by atoms with Crippen molar-refractivity contribution in [3.05, 3.63) is 47.4 Å². The second-order valence-electron chi connectivity index (χ2n) is 4.48. The van der Waals surface area contributed by atoms with Gasteiger partial charge in [-0.15, -0.1) is 0 Å². The summed E-state index contributed by atoms with van der Waals surface area (Å²) >= 11 is 1.37. The minimum absolute atomic E-state index is 0.0217. The van der Waals surface area contributed by atoms with Crippen LogP contribution in [0.3, 0.4) is 0 Å². The molecule has 0 radical (unpaired) electrons. The van der Waals surface area contributed by atoms with Crippen LogP contribution in [-0.2, 0) is 4.74 Å². The number of nitrogens with two attached hydrogens (primary N) is 1. The Labute approximate surface area is 132 Å². The summed E-state index contributed by atoms with van der Waals surface area (Å²) in [6.07, 6.45) is 1.36. The molecular weight excluding hydrogens is 305 g/mol. The van der Waals surface area contributed by atoms with Crippen LogP contribution in [0.25, 0.3) is 0 Å². The summed E-state index contributed by atoms with van der Waals surface area (Å²) < 4.78 is 17.8. The fourth-order valence-electron chi connectivity index (χ4n) is 1.76. The summed E-state index contributed by atoms with van der Waals surface area (Å²) in [6, 6.07) is 6.24. The van der Waals surface area contributed by atoms with Gasteiger partial charge in [-0.3, -0.25) is 0 Å². The number of aromatic nitrogens is 2. The predicted octanol–water partition coefficient (Wildman–Crippen LogP) is 3.23. The number of benzene rings is 1. The van der Waals surface area contributed by atoms with Crippen molar-refractivity contribution in [1.29, 1.82) is 0 Å². The molecule has 2 rings (SSSR count). The second-order valence-corrected chi connectivity index (χ2v) is 5.79. The van der Waals surface area contributed by atoms with E-state index in [-0.39, 0.29) is 29.1 Å². The lowest BCUT2D eigenvalue weighted by atomic mass is 10.2. The van der Waals surface area contributed by atoms with Crippen LogP contribution in [0.5, 0.6) is 0 Å². The first-order valence-electron chi connectivity index (χ1n) is 6.73. The van der Waals surface area contributed by atoms with Gasteiger partial charge in [-0.05, 0) is 31.5 Å². The molecule has 2 N–H and O–H groups in total. The number of ether oxygens (including phenoxy) is 1. The Morgan fingerprint density at radius 3 is 2.68 bits per heavy atom. The molecule has 1 aromatic heterocycles. The van der Waals surface area contributed by atoms with Crippen molar-refractivity contribution in [3.63, 3.8) is 0 Å². The summed E-state index contributed by atoms with van der Waals surface area (Å²) in [5.41, 5.74) is 6.87. The van der Waals surface area contributed by atoms with Crippen molar-refractivity contribution < 1.29 is 13.9 Å². The zero-order valence-corrected chi connectivity index (χ0v) is 13.1. The molecule has 7 heteroatoms. The number of anilines is 1. The zero-order valence-electron chi connectivity index (χ0n) is 12.2. The van der Waals surface area contributed by atoms with Crippen LogP contribution in [0.4, 0.5) is 10.2 Å². The van der Waals surface area contributed by atoms with Crippen molar-refractivity contribution in [2.75, 3.05) is 12.3 Å². The maximum Gasteiger partial charge on any atom is 0.343 e. The number of carbonyl (C=O) groups is 1. The average molecular weight is 321 g/mol. The topological polar surface area (TPSA) is 78.1 Å². The minimum atomic E-state index is -0.539. The molecule has 0 fully saturated rings. The fraction of sp³-hybridized carbons (Fsp3) is 0.267. The van der Waals surface area contributed by atoms with Gasteiger partial charge in [0, 0.05) is 11.4 Å². The van der Waals surface area contributed by atoms with Crippen molar-refractivity contribution in [2.45, 2.75) is 24.3 Å². The molecule has 1 heterocycles. The van der Waals surface area contributed by atoms with Gasteiger partial charge >= 0.3 is 5.97 Å². The molecule has 0 amide bonds. The molecule has 0 aliphatic rings. The number of esters is 1. The first kappa shape index (κ1) is 16.2. The number of nitrogen functional groups attached to an aromatic ring is 1. The van der Waals surface area contributed by atoms with E-state index in [1.807, 2.05) is 6.92 Å². The summed E-state index contributed by atoms with van der Waals surface area (Å²) in [5, 5.41) is 0.468. The maximum atomic E-state index is 12.9. The van der Waals surface area contributed by atoms with Crippen LogP contribution >= 0.6 is 11.8 Å². The minimum Gasteiger partial charge on any atom is -0.462 e. The molecule has 0 saturated heterocycles. The molecule has 0 spiro atoms. The van der Waals surface area contributed by atoms with Gasteiger partial charge in [0.2, 0.25) is 0 Å². The van der Waals surface area contributed by atoms with Gasteiger partial charge < -0.3 is 10.5 Å². The molecule has 1 atom stereocenters. The van der Waals surface area contributed by atoms with E-state index in [0.717, 1.165) is 5.56 Å². The van der Waals surface area contributed by atoms with Crippen molar-refractivity contribution >= 4 is 23.5 Å². The molecule has 116 valence electrons. The van der Waals surface area contributed by atoms with Crippen LogP contribution in [-0.4, -0.2) is 22.5 Å². The predicted molar refractivity (Wildman–Crippen MR) is 83.1 cm³/mol. The highest BCUT2D eigenvalue weighted by atomic mass is 32.2. The van der Waals surface area contributed by atoms with Crippen LogP contribution in [0.1, 0.15) is 35.0 Å². The monoisotopic (exact) mass is 321 g/mol. The van der Waals surface area contributed by atoms with Gasteiger partial charge in [0.1, 0.15) is 17.2 Å². The lowest BCUT2D eigenvalue weighted by molar-refractivity contribution is 0.0526. The Morgan fingerprint density at radius 2 is 2.09 bits per heavy atom. The normalized spacial score (nSPS) is 12.0. The molecule has 0 aliphatic carbocycles. The van der Waals surface area contributed by atoms with Gasteiger partial charge in [0.05, 0.1) is 6.61 Å². The molecule has 0 saturated carbocycles. The number of rotatable bonds is 5. The first-order chi connectivity index (χ1) is 10.5. The summed E-state index contributed by atoms with van der Waals surface area (Å²) in [7, 11) is 0. The SMILES string of the molecule is CCOC(=O)c1cnc(S[C@@H](C)c2ccc(F)cc2)nc1N. The molecule has 2 aromatic rings. The van der Waals surface area contributed by atoms with E-state index >= 15 is 0 Å². The largest absolute Gasteiger partial charge is 0.462 e. The van der Waals surface area contributed by atoms with Gasteiger partial charge in [0.25, 0.3) is 0 Å². The lowest BCUT2D eigenvalue weighted by Gasteiger charge is -2.11. The molecule has 0 bridgehead atoms. The van der Waals surface area contributed by atoms with Crippen molar-refractivity contribution in [3.8, 4) is 0 Å². The van der Waals surface area contributed by atoms with E-state index in [0.29, 0.717) is 5.16 Å². The Kier molecular flexibility index (Phi) is 5.32. The van der Waals surface area contributed by atoms with Crippen molar-refractivity contribution in [2.24, 2.45) is 0 Å². The number of hydrogen-bond acceptors (Lipinski definition) is 6. The van der Waals surface area contributed by atoms with E-state index in [1.165, 1.54) is 30.1 Å². The Morgan fingerprint density at radius 1 is 1.41 bits per heavy atom. The molecule has 0 aliphatic heterocycles. The van der Waals surface area contributed by atoms with Crippen molar-refractivity contribution in [1.82, 2.24) is 9.97 Å². The zero-order chi connectivity index (χ0) is 16.1. The van der Waals surface area contributed by atoms with Crippen LogP contribution in [0, 0.1) is 5.82 Å². The van der Waals surface area contributed by atoms with Gasteiger partial charge in [-0.25, -0.2) is 19.2 Å². The average Bonchev–Trinajstić information content (AvgIpc) is 2.48. The molecule has 5 nitrogen and oxygen atoms in total. The van der Waals surface area contributed by atoms with Gasteiger partial charge in [-0.2, -0.15) is 0 Å². The number of thioether (sulfide) groups is 1. The van der Waals surface area contributed by atoms with Crippen LogP contribution in [0.2, 0.25) is 0 Å².